The normalized spacial score (nSPS) is 16.5. The Labute approximate surface area is 537 Å². The second-order valence-electron chi connectivity index (χ2n) is 19.4. The van der Waals surface area contributed by atoms with Gasteiger partial charge in [-0.2, -0.15) is 0 Å². The molecule has 6 aromatic rings. The third kappa shape index (κ3) is 22.8. The summed E-state index contributed by atoms with van der Waals surface area (Å²) in [6, 6.07) is 29.4. The van der Waals surface area contributed by atoms with Gasteiger partial charge in [0.15, 0.2) is 0 Å². The van der Waals surface area contributed by atoms with Gasteiger partial charge in [0.1, 0.15) is 0 Å². The van der Waals surface area contributed by atoms with Gasteiger partial charge >= 0.3 is 47.5 Å². The number of allylic oxidation sites excluding steroid dienone is 2. The first-order valence-electron chi connectivity index (χ1n) is 26.4. The fourth-order valence-corrected chi connectivity index (χ4v) is 9.72. The van der Waals surface area contributed by atoms with Gasteiger partial charge in [0.2, 0.25) is 17.9 Å². The van der Waals surface area contributed by atoms with E-state index in [9.17, 15) is 39.4 Å². The molecule has 0 unspecified atom stereocenters. The van der Waals surface area contributed by atoms with E-state index >= 15 is 0 Å². The quantitative estimate of drug-likeness (QED) is 0.0332. The summed E-state index contributed by atoms with van der Waals surface area (Å²) >= 11 is 12.9. The molecule has 0 amide bonds. The maximum atomic E-state index is 10.8. The fourth-order valence-electron chi connectivity index (χ4n) is 9.34. The third-order valence-electron chi connectivity index (χ3n) is 13.2. The van der Waals surface area contributed by atoms with Crippen molar-refractivity contribution in [3.05, 3.63) is 197 Å². The van der Waals surface area contributed by atoms with Crippen molar-refractivity contribution < 1.29 is 78.1 Å². The fraction of sp³-hybridized carbons (Fsp3) is 0.322. The zero-order valence-electron chi connectivity index (χ0n) is 47.1. The number of hydrogen-bond acceptors (Lipinski definition) is 19. The second-order valence-corrected chi connectivity index (χ2v) is 20.2. The van der Waals surface area contributed by atoms with Gasteiger partial charge in [0.05, 0.1) is 49.2 Å². The molecule has 22 nitrogen and oxygen atoms in total. The number of carboxylic acid groups (broad SMARTS) is 1. The number of halogens is 3. The van der Waals surface area contributed by atoms with Crippen molar-refractivity contribution in [2.24, 2.45) is 5.73 Å². The number of aromatic nitrogens is 4. The molecule has 0 aliphatic heterocycles. The molecule has 4 aliphatic carbocycles. The monoisotopic (exact) mass is 1250 g/mol. The van der Waals surface area contributed by atoms with Crippen molar-refractivity contribution in [1.29, 1.82) is 0 Å². The molecule has 0 saturated heterocycles. The molecule has 0 spiro atoms. The molecule has 2 fully saturated rings. The maximum Gasteiger partial charge on any atom is 1.00 e. The molecule has 2 aromatic heterocycles. The van der Waals surface area contributed by atoms with Crippen molar-refractivity contribution in [2.75, 3.05) is 10.6 Å². The number of fused-ring (bicyclic) bond motifs is 2. The molecule has 4 aliphatic rings. The number of benzene rings is 4. The zero-order chi connectivity index (χ0) is 60.0. The van der Waals surface area contributed by atoms with Gasteiger partial charge in [-0.3, -0.25) is 25.0 Å². The van der Waals surface area contributed by atoms with Gasteiger partial charge in [-0.25, -0.2) is 44.1 Å². The average molecular weight is 1250 g/mol. The number of anilines is 2. The predicted molar refractivity (Wildman–Crippen MR) is 327 cm³/mol. The SMILES string of the molecule is C.CC(=O)OOC(C)=O.Cl.N[C@H]1CCC[C@@H](Nc2ncc(Cl)c(C3=CCc4ccccc43)n2)C1.O=C(O)c1ccc([N+](=O)[O-])cc1.O=[N+]([O-])c1ccc(CN[C@H]2CCC[C@@H](Nc3ncc(Cl)c(C4=CCc5ccccc54)n3)C2)cc1.[B-]OC(C)=O.[Na+]. The third-order valence-corrected chi connectivity index (χ3v) is 13.8. The second kappa shape index (κ2) is 36.6. The van der Waals surface area contributed by atoms with E-state index in [1.165, 1.54) is 41.3 Å². The van der Waals surface area contributed by atoms with Crippen LogP contribution in [0.4, 0.5) is 23.3 Å². The number of carboxylic acids is 1. The molecule has 27 heteroatoms. The van der Waals surface area contributed by atoms with Crippen LogP contribution >= 0.6 is 35.6 Å². The molecule has 0 bridgehead atoms. The predicted octanol–water partition coefficient (Wildman–Crippen LogP) is 8.35. The minimum atomic E-state index is -1.09. The first-order chi connectivity index (χ1) is 39.8. The summed E-state index contributed by atoms with van der Waals surface area (Å²) in [4.78, 5) is 85.4. The first kappa shape index (κ1) is 72.9. The van der Waals surface area contributed by atoms with Crippen molar-refractivity contribution in [3.8, 4) is 0 Å². The first-order valence-corrected chi connectivity index (χ1v) is 27.1. The molecule has 4 aromatic carbocycles. The molecule has 4 atom stereocenters. The van der Waals surface area contributed by atoms with Gasteiger partial charge in [-0.15, -0.1) is 12.4 Å². The molecule has 3 radical (unpaired) electrons. The minimum Gasteiger partial charge on any atom is -0.793 e. The zero-order valence-corrected chi connectivity index (χ0v) is 51.4. The van der Waals surface area contributed by atoms with E-state index in [2.05, 4.69) is 103 Å². The van der Waals surface area contributed by atoms with Crippen LogP contribution < -0.4 is 51.2 Å². The van der Waals surface area contributed by atoms with Crippen LogP contribution in [0.3, 0.4) is 0 Å². The Kier molecular flexibility index (Phi) is 31.0. The molecule has 10 rings (SSSR count). The summed E-state index contributed by atoms with van der Waals surface area (Å²) in [6.07, 6.45) is 18.1. The number of carbonyl (C=O) groups excluding carboxylic acids is 3. The Morgan fingerprint density at radius 2 is 1.08 bits per heavy atom. The van der Waals surface area contributed by atoms with Gasteiger partial charge in [0, 0.05) is 86.9 Å². The number of nitro benzene ring substituents is 2. The van der Waals surface area contributed by atoms with E-state index in [1.807, 2.05) is 18.2 Å². The van der Waals surface area contributed by atoms with Crippen LogP contribution in [0.25, 0.3) is 11.1 Å². The number of carbonyl (C=O) groups is 4. The number of rotatable bonds is 12. The van der Waals surface area contributed by atoms with E-state index in [4.69, 9.17) is 44.0 Å². The Morgan fingerprint density at radius 3 is 1.50 bits per heavy atom. The van der Waals surface area contributed by atoms with Crippen LogP contribution in [0, 0.1) is 20.2 Å². The van der Waals surface area contributed by atoms with E-state index in [0.717, 1.165) is 118 Å². The van der Waals surface area contributed by atoms with E-state index in [0.29, 0.717) is 40.6 Å². The van der Waals surface area contributed by atoms with Crippen molar-refractivity contribution in [1.82, 2.24) is 25.3 Å². The average Bonchev–Trinajstić information content (AvgIpc) is 2.01. The Hall–Kier alpha value is -7.35. The summed E-state index contributed by atoms with van der Waals surface area (Å²) < 4.78 is 3.61. The number of nitrogens with two attached hydrogens (primary N) is 1. The summed E-state index contributed by atoms with van der Waals surface area (Å²) in [5.41, 5.74) is 15.9. The number of nitrogens with one attached hydrogen (secondary N) is 3. The molecule has 6 N–H and O–H groups in total. The summed E-state index contributed by atoms with van der Waals surface area (Å²) in [5.74, 6) is -1.60. The molecule has 2 heterocycles. The summed E-state index contributed by atoms with van der Waals surface area (Å²) in [6.45, 7) is 4.20. The van der Waals surface area contributed by atoms with Crippen LogP contribution in [-0.4, -0.2) is 91.0 Å². The van der Waals surface area contributed by atoms with Crippen molar-refractivity contribution >= 4 is 102 Å². The topological polar surface area (TPSA) is 316 Å². The van der Waals surface area contributed by atoms with Gasteiger partial charge < -0.3 is 39.5 Å². The van der Waals surface area contributed by atoms with Crippen molar-refractivity contribution in [3.63, 3.8) is 0 Å². The molecule has 449 valence electrons. The summed E-state index contributed by atoms with van der Waals surface area (Å²) in [7, 11) is 4.32. The van der Waals surface area contributed by atoms with Crippen LogP contribution in [-0.2, 0) is 48.2 Å². The number of aromatic carboxylic acids is 1. The van der Waals surface area contributed by atoms with Gasteiger partial charge in [-0.05, 0) is 104 Å². The van der Waals surface area contributed by atoms with E-state index in [-0.39, 0.29) is 83.3 Å². The Bertz CT molecular complexity index is 3280. The number of nitro groups is 2. The molecular weight excluding hydrogens is 1180 g/mol. The van der Waals surface area contributed by atoms with Crippen molar-refractivity contribution in [2.45, 2.75) is 123 Å². The standard InChI is InChI=1S/C26H26ClN5O2.C19H21ClN4.C7H5NO4.C4H6O4.C2H3BO2.CH4.ClH.Na/c27-24-16-29-26(31-25(24)23-13-10-18-4-1-2-7-22(18)23)30-20-6-3-5-19(14-20)28-15-17-8-11-21(12-9-17)32(33)34;20-17-11-22-19(23-14-6-3-5-13(21)10-14)24-18(17)16-9-8-12-4-1-2-7-15(12)16;9-7(10)5-1-3-6(4-2-5)8(11)12;1-3(5)7-8-4(2)6;1-2(4)5-3;;;/h1-2,4,7-9,11-13,16,19-20,28H,3,5-6,10,14-15H2,(H,29,30,31);1-2,4,7,9,11,13-14H,3,5-6,8,10,21H2,(H,22,23,24);1-4H,(H,9,10);1-2H3;1H3;1H4;1H;/q;;;;-1;;;+1/t19-,20+;13-,14+;;;;;;/m00....../s1. The van der Waals surface area contributed by atoms with Crippen LogP contribution in [0.15, 0.2) is 122 Å². The molecule has 86 heavy (non-hydrogen) atoms. The number of hydrogen-bond donors (Lipinski definition) is 5. The molecular formula is C59H66BCl3N10NaO12. The molecule has 2 saturated carbocycles. The number of nitrogens with zero attached hydrogens (tertiary/aromatic N) is 6. The van der Waals surface area contributed by atoms with Crippen LogP contribution in [0.5, 0.6) is 0 Å². The smallest absolute Gasteiger partial charge is 0.793 e. The van der Waals surface area contributed by atoms with Crippen LogP contribution in [0.1, 0.15) is 129 Å². The van der Waals surface area contributed by atoms with Gasteiger partial charge in [-0.1, -0.05) is 103 Å². The van der Waals surface area contributed by atoms with Crippen LogP contribution in [0.2, 0.25) is 10.0 Å². The van der Waals surface area contributed by atoms with E-state index in [1.54, 1.807) is 24.5 Å². The Morgan fingerprint density at radius 1 is 0.663 bits per heavy atom. The van der Waals surface area contributed by atoms with E-state index < -0.39 is 28.8 Å². The largest absolute Gasteiger partial charge is 1.00 e. The van der Waals surface area contributed by atoms with Gasteiger partial charge in [0.25, 0.3) is 11.4 Å². The number of non-ortho nitro benzene ring substituents is 2. The Balaban J connectivity index is 0.000000323. The summed E-state index contributed by atoms with van der Waals surface area (Å²) in [5, 5.41) is 41.1. The minimum absolute atomic E-state index is 0. The maximum absolute atomic E-state index is 10.8.